The SMILES string of the molecule is COC(=O)CNC1=CC(=O)CC1. The molecule has 0 bridgehead atoms. The lowest BCUT2D eigenvalue weighted by Crippen LogP contribution is -2.22. The summed E-state index contributed by atoms with van der Waals surface area (Å²) in [6.45, 7) is 0.135. The van der Waals surface area contributed by atoms with Crippen molar-refractivity contribution in [1.82, 2.24) is 5.32 Å². The van der Waals surface area contributed by atoms with Gasteiger partial charge in [-0.1, -0.05) is 0 Å². The van der Waals surface area contributed by atoms with Gasteiger partial charge in [0.05, 0.1) is 7.11 Å². The molecular formula is C8H11NO3. The monoisotopic (exact) mass is 169 g/mol. The maximum Gasteiger partial charge on any atom is 0.325 e. The summed E-state index contributed by atoms with van der Waals surface area (Å²) in [4.78, 5) is 21.4. The van der Waals surface area contributed by atoms with Crippen molar-refractivity contribution in [2.24, 2.45) is 0 Å². The average Bonchev–Trinajstić information content (AvgIpc) is 2.47. The van der Waals surface area contributed by atoms with E-state index in [1.165, 1.54) is 13.2 Å². The zero-order valence-electron chi connectivity index (χ0n) is 6.92. The summed E-state index contributed by atoms with van der Waals surface area (Å²) in [6, 6.07) is 0. The number of hydrogen-bond acceptors (Lipinski definition) is 4. The van der Waals surface area contributed by atoms with E-state index in [2.05, 4.69) is 10.1 Å². The third-order valence-corrected chi connectivity index (χ3v) is 1.66. The molecule has 0 aliphatic heterocycles. The lowest BCUT2D eigenvalue weighted by Gasteiger charge is -2.03. The van der Waals surface area contributed by atoms with Gasteiger partial charge in [-0.3, -0.25) is 9.59 Å². The molecule has 0 unspecified atom stereocenters. The molecule has 0 atom stereocenters. The number of methoxy groups -OCH3 is 1. The van der Waals surface area contributed by atoms with Gasteiger partial charge in [-0.25, -0.2) is 0 Å². The van der Waals surface area contributed by atoms with Crippen LogP contribution in [0.2, 0.25) is 0 Å². The van der Waals surface area contributed by atoms with E-state index in [9.17, 15) is 9.59 Å². The Morgan fingerprint density at radius 2 is 2.42 bits per heavy atom. The Balaban J connectivity index is 2.28. The Kier molecular flexibility index (Phi) is 2.85. The minimum Gasteiger partial charge on any atom is -0.468 e. The summed E-state index contributed by atoms with van der Waals surface area (Å²) < 4.78 is 4.42. The predicted octanol–water partition coefficient (Wildman–Crippen LogP) is -0.00420. The van der Waals surface area contributed by atoms with Gasteiger partial charge in [-0.05, 0) is 6.42 Å². The molecule has 1 aliphatic carbocycles. The number of rotatable bonds is 3. The van der Waals surface area contributed by atoms with Crippen LogP contribution in [-0.4, -0.2) is 25.4 Å². The zero-order chi connectivity index (χ0) is 8.97. The third-order valence-electron chi connectivity index (χ3n) is 1.66. The third kappa shape index (κ3) is 2.38. The maximum absolute atomic E-state index is 10.7. The lowest BCUT2D eigenvalue weighted by molar-refractivity contribution is -0.139. The molecule has 66 valence electrons. The number of carbonyl (C=O) groups is 2. The molecule has 0 heterocycles. The highest BCUT2D eigenvalue weighted by atomic mass is 16.5. The number of hydrogen-bond donors (Lipinski definition) is 1. The number of allylic oxidation sites excluding steroid dienone is 2. The van der Waals surface area contributed by atoms with Gasteiger partial charge in [0.2, 0.25) is 0 Å². The lowest BCUT2D eigenvalue weighted by atomic mass is 10.3. The maximum atomic E-state index is 10.7. The molecular weight excluding hydrogens is 158 g/mol. The fourth-order valence-electron chi connectivity index (χ4n) is 0.994. The van der Waals surface area contributed by atoms with E-state index >= 15 is 0 Å². The van der Waals surface area contributed by atoms with Crippen molar-refractivity contribution < 1.29 is 14.3 Å². The van der Waals surface area contributed by atoms with Gasteiger partial charge in [0.25, 0.3) is 0 Å². The fraction of sp³-hybridized carbons (Fsp3) is 0.500. The van der Waals surface area contributed by atoms with E-state index in [1.807, 2.05) is 0 Å². The van der Waals surface area contributed by atoms with Crippen LogP contribution in [0.25, 0.3) is 0 Å². The molecule has 0 spiro atoms. The van der Waals surface area contributed by atoms with Gasteiger partial charge in [0.1, 0.15) is 6.54 Å². The van der Waals surface area contributed by atoms with Crippen molar-refractivity contribution in [2.75, 3.05) is 13.7 Å². The average molecular weight is 169 g/mol. The Labute approximate surface area is 70.6 Å². The smallest absolute Gasteiger partial charge is 0.325 e. The molecule has 1 rings (SSSR count). The standard InChI is InChI=1S/C8H11NO3/c1-12-8(11)5-9-6-2-3-7(10)4-6/h4,9H,2-3,5H2,1H3. The van der Waals surface area contributed by atoms with Crippen molar-refractivity contribution in [3.8, 4) is 0 Å². The molecule has 0 radical (unpaired) electrons. The molecule has 0 aromatic heterocycles. The Morgan fingerprint density at radius 1 is 1.67 bits per heavy atom. The first-order chi connectivity index (χ1) is 5.72. The first kappa shape index (κ1) is 8.77. The molecule has 0 saturated carbocycles. The Bertz CT molecular complexity index is 232. The first-order valence-electron chi connectivity index (χ1n) is 3.76. The van der Waals surface area contributed by atoms with E-state index in [0.29, 0.717) is 12.8 Å². The van der Waals surface area contributed by atoms with E-state index < -0.39 is 0 Å². The number of nitrogens with one attached hydrogen (secondary N) is 1. The van der Waals surface area contributed by atoms with Crippen LogP contribution in [0.5, 0.6) is 0 Å². The first-order valence-corrected chi connectivity index (χ1v) is 3.76. The van der Waals surface area contributed by atoms with Gasteiger partial charge in [0, 0.05) is 18.2 Å². The number of esters is 1. The Morgan fingerprint density at radius 3 is 2.92 bits per heavy atom. The molecule has 0 aromatic carbocycles. The van der Waals surface area contributed by atoms with Gasteiger partial charge < -0.3 is 10.1 Å². The number of carbonyl (C=O) groups excluding carboxylic acids is 2. The molecule has 4 nitrogen and oxygen atoms in total. The quantitative estimate of drug-likeness (QED) is 0.604. The van der Waals surface area contributed by atoms with Crippen LogP contribution in [0.15, 0.2) is 11.8 Å². The van der Waals surface area contributed by atoms with E-state index in [1.54, 1.807) is 0 Å². The van der Waals surface area contributed by atoms with Crippen LogP contribution in [-0.2, 0) is 14.3 Å². The summed E-state index contributed by atoms with van der Waals surface area (Å²) in [5, 5.41) is 2.83. The van der Waals surface area contributed by atoms with Crippen LogP contribution >= 0.6 is 0 Å². The van der Waals surface area contributed by atoms with Crippen molar-refractivity contribution in [2.45, 2.75) is 12.8 Å². The summed E-state index contributed by atoms with van der Waals surface area (Å²) in [6.07, 6.45) is 2.78. The highest BCUT2D eigenvalue weighted by Crippen LogP contribution is 2.10. The van der Waals surface area contributed by atoms with Crippen molar-refractivity contribution in [1.29, 1.82) is 0 Å². The van der Waals surface area contributed by atoms with Gasteiger partial charge in [-0.15, -0.1) is 0 Å². The van der Waals surface area contributed by atoms with E-state index in [4.69, 9.17) is 0 Å². The van der Waals surface area contributed by atoms with Gasteiger partial charge in [-0.2, -0.15) is 0 Å². The molecule has 4 heteroatoms. The molecule has 0 saturated heterocycles. The van der Waals surface area contributed by atoms with Crippen molar-refractivity contribution in [3.63, 3.8) is 0 Å². The molecule has 1 N–H and O–H groups in total. The highest BCUT2D eigenvalue weighted by Gasteiger charge is 2.11. The van der Waals surface area contributed by atoms with Gasteiger partial charge >= 0.3 is 5.97 Å². The molecule has 0 amide bonds. The van der Waals surface area contributed by atoms with Gasteiger partial charge in [0.15, 0.2) is 5.78 Å². The summed E-state index contributed by atoms with van der Waals surface area (Å²) in [5.41, 5.74) is 0.824. The predicted molar refractivity (Wildman–Crippen MR) is 42.3 cm³/mol. The second kappa shape index (κ2) is 3.90. The minimum absolute atomic E-state index is 0.113. The second-order valence-electron chi connectivity index (χ2n) is 2.57. The highest BCUT2D eigenvalue weighted by molar-refractivity contribution is 5.92. The number of ketones is 1. The summed E-state index contributed by atoms with van der Waals surface area (Å²) in [5.74, 6) is -0.211. The van der Waals surface area contributed by atoms with Crippen molar-refractivity contribution in [3.05, 3.63) is 11.8 Å². The normalized spacial score (nSPS) is 15.8. The second-order valence-corrected chi connectivity index (χ2v) is 2.57. The minimum atomic E-state index is -0.324. The topological polar surface area (TPSA) is 55.4 Å². The largest absolute Gasteiger partial charge is 0.468 e. The molecule has 1 aliphatic rings. The fourth-order valence-corrected chi connectivity index (χ4v) is 0.994. The van der Waals surface area contributed by atoms with E-state index in [0.717, 1.165) is 5.70 Å². The van der Waals surface area contributed by atoms with Crippen LogP contribution in [0.3, 0.4) is 0 Å². The number of ether oxygens (including phenoxy) is 1. The van der Waals surface area contributed by atoms with E-state index in [-0.39, 0.29) is 18.3 Å². The Hall–Kier alpha value is -1.32. The summed E-state index contributed by atoms with van der Waals surface area (Å²) >= 11 is 0. The molecule has 0 fully saturated rings. The molecule has 0 aromatic rings. The van der Waals surface area contributed by atoms with Crippen LogP contribution in [0.4, 0.5) is 0 Å². The van der Waals surface area contributed by atoms with Crippen LogP contribution in [0, 0.1) is 0 Å². The van der Waals surface area contributed by atoms with Crippen LogP contribution in [0.1, 0.15) is 12.8 Å². The van der Waals surface area contributed by atoms with Crippen LogP contribution < -0.4 is 5.32 Å². The van der Waals surface area contributed by atoms with Crippen molar-refractivity contribution >= 4 is 11.8 Å². The zero-order valence-corrected chi connectivity index (χ0v) is 6.92. The molecule has 12 heavy (non-hydrogen) atoms. The summed E-state index contributed by atoms with van der Waals surface area (Å²) in [7, 11) is 1.33.